The minimum Gasteiger partial charge on any atom is -0.504 e. The molecule has 0 fully saturated rings. The van der Waals surface area contributed by atoms with Gasteiger partial charge in [0, 0.05) is 16.8 Å². The van der Waals surface area contributed by atoms with Crippen LogP contribution in [0.25, 0.3) is 11.4 Å². The topological polar surface area (TPSA) is 95.8 Å². The molecule has 24 heavy (non-hydrogen) atoms. The molecule has 7 nitrogen and oxygen atoms in total. The number of aromatic amines is 1. The standard InChI is InChI=1S/C15H12ClN5O2S/c16-10-5-3-9(4-6-10)14-19-20-15(24)21(14)8-12(23)18-13-11(22)2-1-7-17-13/h1-7,22H,8H2,(H,20,24)(H,17,18,23). The minimum absolute atomic E-state index is 0.0801. The number of amides is 1. The van der Waals surface area contributed by atoms with E-state index >= 15 is 0 Å². The summed E-state index contributed by atoms with van der Waals surface area (Å²) in [4.78, 5) is 16.1. The summed E-state index contributed by atoms with van der Waals surface area (Å²) >= 11 is 11.1. The lowest BCUT2D eigenvalue weighted by atomic mass is 10.2. The van der Waals surface area contributed by atoms with Crippen molar-refractivity contribution in [3.8, 4) is 17.1 Å². The van der Waals surface area contributed by atoms with E-state index in [4.69, 9.17) is 23.8 Å². The number of nitrogens with one attached hydrogen (secondary N) is 2. The second-order valence-electron chi connectivity index (χ2n) is 4.86. The average molecular weight is 362 g/mol. The maximum Gasteiger partial charge on any atom is 0.245 e. The molecule has 3 aromatic rings. The Balaban J connectivity index is 1.84. The van der Waals surface area contributed by atoms with Crippen LogP contribution in [0.3, 0.4) is 0 Å². The molecule has 3 rings (SSSR count). The van der Waals surface area contributed by atoms with Crippen molar-refractivity contribution in [3.05, 3.63) is 52.4 Å². The number of carbonyl (C=O) groups is 1. The zero-order chi connectivity index (χ0) is 17.1. The first kappa shape index (κ1) is 16.2. The molecular weight excluding hydrogens is 350 g/mol. The van der Waals surface area contributed by atoms with Crippen molar-refractivity contribution in [2.24, 2.45) is 0 Å². The van der Waals surface area contributed by atoms with Gasteiger partial charge in [0.25, 0.3) is 0 Å². The second-order valence-corrected chi connectivity index (χ2v) is 5.69. The fraction of sp³-hybridized carbons (Fsp3) is 0.0667. The van der Waals surface area contributed by atoms with Crippen LogP contribution in [0.15, 0.2) is 42.6 Å². The lowest BCUT2D eigenvalue weighted by molar-refractivity contribution is -0.116. The Kier molecular flexibility index (Phi) is 4.59. The molecule has 1 amide bonds. The molecule has 1 aromatic carbocycles. The first-order chi connectivity index (χ1) is 11.5. The highest BCUT2D eigenvalue weighted by molar-refractivity contribution is 7.71. The number of anilines is 1. The van der Waals surface area contributed by atoms with Gasteiger partial charge in [0.05, 0.1) is 0 Å². The normalized spacial score (nSPS) is 10.5. The Morgan fingerprint density at radius 3 is 2.79 bits per heavy atom. The third-order valence-electron chi connectivity index (χ3n) is 3.21. The van der Waals surface area contributed by atoms with Crippen LogP contribution >= 0.6 is 23.8 Å². The van der Waals surface area contributed by atoms with Gasteiger partial charge in [0.15, 0.2) is 22.2 Å². The number of aromatic hydroxyl groups is 1. The molecule has 122 valence electrons. The number of carbonyl (C=O) groups excluding carboxylic acids is 1. The van der Waals surface area contributed by atoms with Crippen LogP contribution in [0.5, 0.6) is 5.75 Å². The average Bonchev–Trinajstić information content (AvgIpc) is 2.91. The molecule has 2 aromatic heterocycles. The predicted molar refractivity (Wildman–Crippen MR) is 92.4 cm³/mol. The molecule has 3 N–H and O–H groups in total. The van der Waals surface area contributed by atoms with Crippen molar-refractivity contribution < 1.29 is 9.90 Å². The number of halogens is 1. The highest BCUT2D eigenvalue weighted by Crippen LogP contribution is 2.21. The molecule has 0 spiro atoms. The highest BCUT2D eigenvalue weighted by Gasteiger charge is 2.14. The first-order valence-corrected chi connectivity index (χ1v) is 7.68. The predicted octanol–water partition coefficient (Wildman–Crippen LogP) is 3.00. The smallest absolute Gasteiger partial charge is 0.245 e. The van der Waals surface area contributed by atoms with Crippen molar-refractivity contribution in [1.29, 1.82) is 0 Å². The lowest BCUT2D eigenvalue weighted by Gasteiger charge is -2.08. The van der Waals surface area contributed by atoms with E-state index in [1.54, 1.807) is 34.9 Å². The summed E-state index contributed by atoms with van der Waals surface area (Å²) in [5.41, 5.74) is 0.764. The van der Waals surface area contributed by atoms with Crippen LogP contribution in [0, 0.1) is 4.77 Å². The Bertz CT molecular complexity index is 936. The van der Waals surface area contributed by atoms with Gasteiger partial charge in [-0.2, -0.15) is 5.10 Å². The Morgan fingerprint density at radius 1 is 1.33 bits per heavy atom. The van der Waals surface area contributed by atoms with Gasteiger partial charge in [-0.3, -0.25) is 14.5 Å². The highest BCUT2D eigenvalue weighted by atomic mass is 35.5. The van der Waals surface area contributed by atoms with E-state index in [1.807, 2.05) is 0 Å². The SMILES string of the molecule is O=C(Cn1c(-c2ccc(Cl)cc2)n[nH]c1=S)Nc1ncccc1O. The van der Waals surface area contributed by atoms with Crippen LogP contribution in [0.2, 0.25) is 5.02 Å². The van der Waals surface area contributed by atoms with Gasteiger partial charge in [-0.1, -0.05) is 11.6 Å². The minimum atomic E-state index is -0.392. The molecule has 0 aliphatic rings. The van der Waals surface area contributed by atoms with E-state index in [2.05, 4.69) is 20.5 Å². The van der Waals surface area contributed by atoms with E-state index in [9.17, 15) is 9.90 Å². The largest absolute Gasteiger partial charge is 0.504 e. The van der Waals surface area contributed by atoms with Gasteiger partial charge in [-0.05, 0) is 48.6 Å². The van der Waals surface area contributed by atoms with Crippen LogP contribution in [-0.4, -0.2) is 30.8 Å². The van der Waals surface area contributed by atoms with E-state index < -0.39 is 5.91 Å². The van der Waals surface area contributed by atoms with Crippen molar-refractivity contribution in [2.45, 2.75) is 6.54 Å². The number of hydrogen-bond acceptors (Lipinski definition) is 5. The molecule has 9 heteroatoms. The number of nitrogens with zero attached hydrogens (tertiary/aromatic N) is 3. The molecule has 0 aliphatic heterocycles. The van der Waals surface area contributed by atoms with Gasteiger partial charge in [-0.25, -0.2) is 4.98 Å². The van der Waals surface area contributed by atoms with Crippen LogP contribution in [0.1, 0.15) is 0 Å². The third-order valence-corrected chi connectivity index (χ3v) is 3.77. The van der Waals surface area contributed by atoms with Gasteiger partial charge in [-0.15, -0.1) is 0 Å². The molecule has 0 saturated heterocycles. The maximum absolute atomic E-state index is 12.2. The third kappa shape index (κ3) is 3.44. The fourth-order valence-electron chi connectivity index (χ4n) is 2.09. The molecule has 0 saturated carbocycles. The van der Waals surface area contributed by atoms with Crippen LogP contribution in [0.4, 0.5) is 5.82 Å². The van der Waals surface area contributed by atoms with E-state index in [1.165, 1.54) is 12.3 Å². The van der Waals surface area contributed by atoms with Gasteiger partial charge >= 0.3 is 0 Å². The first-order valence-electron chi connectivity index (χ1n) is 6.89. The summed E-state index contributed by atoms with van der Waals surface area (Å²) in [5, 5.41) is 19.6. The van der Waals surface area contributed by atoms with E-state index in [-0.39, 0.29) is 18.1 Å². The van der Waals surface area contributed by atoms with Crippen LogP contribution in [-0.2, 0) is 11.3 Å². The molecule has 0 radical (unpaired) electrons. The molecule has 2 heterocycles. The van der Waals surface area contributed by atoms with Crippen molar-refractivity contribution in [1.82, 2.24) is 19.7 Å². The summed E-state index contributed by atoms with van der Waals surface area (Å²) < 4.78 is 1.86. The Labute approximate surface area is 146 Å². The van der Waals surface area contributed by atoms with E-state index in [0.717, 1.165) is 5.56 Å². The lowest BCUT2D eigenvalue weighted by Crippen LogP contribution is -2.20. The van der Waals surface area contributed by atoms with Crippen molar-refractivity contribution >= 4 is 35.5 Å². The molecule has 0 aliphatic carbocycles. The Morgan fingerprint density at radius 2 is 2.08 bits per heavy atom. The summed E-state index contributed by atoms with van der Waals surface area (Å²) in [6, 6.07) is 10.0. The van der Waals surface area contributed by atoms with Gasteiger partial charge < -0.3 is 10.4 Å². The number of H-pyrrole nitrogens is 1. The second kappa shape index (κ2) is 6.81. The van der Waals surface area contributed by atoms with Gasteiger partial charge in [0.2, 0.25) is 5.91 Å². The van der Waals surface area contributed by atoms with Gasteiger partial charge in [0.1, 0.15) is 6.54 Å². The Hall–Kier alpha value is -2.71. The summed E-state index contributed by atoms with van der Waals surface area (Å²) in [6.45, 7) is -0.0801. The van der Waals surface area contributed by atoms with Crippen LogP contribution < -0.4 is 5.32 Å². The number of rotatable bonds is 4. The molecular formula is C15H12ClN5O2S. The fourth-order valence-corrected chi connectivity index (χ4v) is 2.41. The molecule has 0 unspecified atom stereocenters. The summed E-state index contributed by atoms with van der Waals surface area (Å²) in [7, 11) is 0. The number of pyridine rings is 1. The number of aromatic nitrogens is 4. The van der Waals surface area contributed by atoms with Crippen molar-refractivity contribution in [3.63, 3.8) is 0 Å². The zero-order valence-electron chi connectivity index (χ0n) is 12.2. The molecule has 0 bridgehead atoms. The number of hydrogen-bond donors (Lipinski definition) is 3. The summed E-state index contributed by atoms with van der Waals surface area (Å²) in [6.07, 6.45) is 1.47. The molecule has 0 atom stereocenters. The van der Waals surface area contributed by atoms with E-state index in [0.29, 0.717) is 15.6 Å². The van der Waals surface area contributed by atoms with Crippen molar-refractivity contribution in [2.75, 3.05) is 5.32 Å². The monoisotopic (exact) mass is 361 g/mol. The summed E-state index contributed by atoms with van der Waals surface area (Å²) in [5.74, 6) is 0.0962. The quantitative estimate of drug-likeness (QED) is 0.621. The zero-order valence-corrected chi connectivity index (χ0v) is 13.8. The number of benzene rings is 1. The maximum atomic E-state index is 12.2.